The van der Waals surface area contributed by atoms with E-state index < -0.39 is 11.9 Å². The highest BCUT2D eigenvalue weighted by Crippen LogP contribution is 2.06. The number of carbonyl (C=O) groups excluding carboxylic acids is 3. The van der Waals surface area contributed by atoms with Crippen molar-refractivity contribution >= 4 is 23.4 Å². The van der Waals surface area contributed by atoms with Crippen molar-refractivity contribution in [3.8, 4) is 0 Å². The molecule has 0 unspecified atom stereocenters. The van der Waals surface area contributed by atoms with Crippen molar-refractivity contribution in [2.24, 2.45) is 11.0 Å². The Labute approximate surface area is 177 Å². The number of hydrogen-bond donors (Lipinski definition) is 3. The van der Waals surface area contributed by atoms with Crippen LogP contribution in [-0.2, 0) is 4.79 Å². The van der Waals surface area contributed by atoms with E-state index in [1.165, 1.54) is 0 Å². The van der Waals surface area contributed by atoms with Gasteiger partial charge in [-0.1, -0.05) is 50.2 Å². The third-order valence-corrected chi connectivity index (χ3v) is 4.62. The van der Waals surface area contributed by atoms with Gasteiger partial charge in [0.25, 0.3) is 17.7 Å². The molecule has 0 aliphatic carbocycles. The van der Waals surface area contributed by atoms with Gasteiger partial charge in [0.05, 0.1) is 11.8 Å². The summed E-state index contributed by atoms with van der Waals surface area (Å²) in [5.74, 6) is -1.11. The Kier molecular flexibility index (Phi) is 8.29. The summed E-state index contributed by atoms with van der Waals surface area (Å²) < 4.78 is 0. The highest BCUT2D eigenvalue weighted by Gasteiger charge is 2.24. The molecule has 2 aromatic carbocycles. The Balaban J connectivity index is 1.96. The van der Waals surface area contributed by atoms with Crippen molar-refractivity contribution < 1.29 is 14.4 Å². The maximum atomic E-state index is 12.6. The second-order valence-corrected chi connectivity index (χ2v) is 7.35. The largest absolute Gasteiger partial charge is 0.344 e. The summed E-state index contributed by atoms with van der Waals surface area (Å²) in [6.45, 7) is 7.18. The molecule has 2 atom stereocenters. The smallest absolute Gasteiger partial charge is 0.262 e. The zero-order valence-corrected chi connectivity index (χ0v) is 17.7. The molecule has 158 valence electrons. The van der Waals surface area contributed by atoms with E-state index in [9.17, 15) is 14.4 Å². The van der Waals surface area contributed by atoms with Crippen LogP contribution in [0.25, 0.3) is 0 Å². The maximum absolute atomic E-state index is 12.6. The molecule has 3 N–H and O–H groups in total. The summed E-state index contributed by atoms with van der Waals surface area (Å²) in [5, 5.41) is 9.69. The average Bonchev–Trinajstić information content (AvgIpc) is 2.76. The lowest BCUT2D eigenvalue weighted by molar-refractivity contribution is -0.123. The molecule has 0 aliphatic rings. The van der Waals surface area contributed by atoms with Crippen molar-refractivity contribution in [1.82, 2.24) is 16.1 Å². The topological polar surface area (TPSA) is 99.7 Å². The number of rotatable bonds is 8. The molecule has 7 nitrogen and oxygen atoms in total. The van der Waals surface area contributed by atoms with Crippen LogP contribution in [0, 0.1) is 5.92 Å². The van der Waals surface area contributed by atoms with Crippen molar-refractivity contribution in [3.63, 3.8) is 0 Å². The van der Waals surface area contributed by atoms with Crippen LogP contribution in [0.5, 0.6) is 0 Å². The van der Waals surface area contributed by atoms with Crippen LogP contribution in [0.4, 0.5) is 0 Å². The molecule has 0 heterocycles. The highest BCUT2D eigenvalue weighted by molar-refractivity contribution is 5.99. The van der Waals surface area contributed by atoms with E-state index >= 15 is 0 Å². The average molecular weight is 409 g/mol. The van der Waals surface area contributed by atoms with Gasteiger partial charge in [-0.15, -0.1) is 0 Å². The molecule has 0 fully saturated rings. The van der Waals surface area contributed by atoms with Crippen LogP contribution in [0.2, 0.25) is 0 Å². The molecule has 0 spiro atoms. The number of hydrogen-bond acceptors (Lipinski definition) is 4. The fourth-order valence-electron chi connectivity index (χ4n) is 2.63. The lowest BCUT2D eigenvalue weighted by Gasteiger charge is -2.21. The van der Waals surface area contributed by atoms with Crippen LogP contribution in [0.15, 0.2) is 65.8 Å². The predicted octanol–water partition coefficient (Wildman–Crippen LogP) is 2.75. The first-order chi connectivity index (χ1) is 14.3. The van der Waals surface area contributed by atoms with Crippen LogP contribution in [0.3, 0.4) is 0 Å². The van der Waals surface area contributed by atoms with E-state index in [-0.39, 0.29) is 23.8 Å². The van der Waals surface area contributed by atoms with Gasteiger partial charge < -0.3 is 10.6 Å². The molecule has 0 aliphatic heterocycles. The molecular formula is C23H28N4O3. The van der Waals surface area contributed by atoms with Crippen molar-refractivity contribution in [3.05, 3.63) is 71.8 Å². The summed E-state index contributed by atoms with van der Waals surface area (Å²) >= 11 is 0. The van der Waals surface area contributed by atoms with Gasteiger partial charge in [-0.3, -0.25) is 14.4 Å². The van der Waals surface area contributed by atoms with E-state index in [1.54, 1.807) is 62.4 Å². The SMILES string of the molecule is C/C(=N/NC(=O)[C@H](NC(=O)c1ccccc1)C(C)C)[C@@H](C)NC(=O)c1ccccc1. The first-order valence-electron chi connectivity index (χ1n) is 9.85. The Morgan fingerprint density at radius 3 is 1.70 bits per heavy atom. The van der Waals surface area contributed by atoms with Crippen LogP contribution in [0.1, 0.15) is 48.4 Å². The molecule has 0 saturated carbocycles. The van der Waals surface area contributed by atoms with E-state index in [2.05, 4.69) is 21.2 Å². The number of nitrogens with zero attached hydrogens (tertiary/aromatic N) is 1. The molecular weight excluding hydrogens is 380 g/mol. The maximum Gasteiger partial charge on any atom is 0.262 e. The number of carbonyl (C=O) groups is 3. The Morgan fingerprint density at radius 2 is 1.23 bits per heavy atom. The third kappa shape index (κ3) is 6.55. The van der Waals surface area contributed by atoms with Crippen LogP contribution in [-0.4, -0.2) is 35.5 Å². The number of benzene rings is 2. The van der Waals surface area contributed by atoms with Gasteiger partial charge in [-0.25, -0.2) is 5.43 Å². The first kappa shape index (κ1) is 22.8. The molecule has 3 amide bonds. The number of nitrogens with one attached hydrogen (secondary N) is 3. The molecule has 7 heteroatoms. The number of amides is 3. The predicted molar refractivity (Wildman–Crippen MR) is 117 cm³/mol. The zero-order valence-electron chi connectivity index (χ0n) is 17.7. The Morgan fingerprint density at radius 1 is 0.767 bits per heavy atom. The summed E-state index contributed by atoms with van der Waals surface area (Å²) in [6, 6.07) is 16.4. The molecule has 30 heavy (non-hydrogen) atoms. The minimum atomic E-state index is -0.747. The fraction of sp³-hybridized carbons (Fsp3) is 0.304. The quantitative estimate of drug-likeness (QED) is 0.463. The molecule has 2 rings (SSSR count). The minimum absolute atomic E-state index is 0.136. The summed E-state index contributed by atoms with van der Waals surface area (Å²) in [6.07, 6.45) is 0. The Bertz CT molecular complexity index is 895. The van der Waals surface area contributed by atoms with Gasteiger partial charge in [-0.05, 0) is 44.0 Å². The van der Waals surface area contributed by atoms with Gasteiger partial charge in [0.15, 0.2) is 0 Å². The standard InChI is InChI=1S/C23H28N4O3/c1-15(2)20(25-22(29)19-13-9-6-10-14-19)23(30)27-26-17(4)16(3)24-21(28)18-11-7-5-8-12-18/h5-16,20H,1-4H3,(H,24,28)(H,25,29)(H,27,30)/b26-17-/t16-,20-/m1/s1. The minimum Gasteiger partial charge on any atom is -0.344 e. The summed E-state index contributed by atoms with van der Waals surface area (Å²) in [5.41, 5.74) is 4.06. The fourth-order valence-corrected chi connectivity index (χ4v) is 2.63. The van der Waals surface area contributed by atoms with Crippen LogP contribution >= 0.6 is 0 Å². The van der Waals surface area contributed by atoms with Crippen LogP contribution < -0.4 is 16.1 Å². The summed E-state index contributed by atoms with van der Waals surface area (Å²) in [4.78, 5) is 37.2. The van der Waals surface area contributed by atoms with Crippen molar-refractivity contribution in [2.75, 3.05) is 0 Å². The lowest BCUT2D eigenvalue weighted by Crippen LogP contribution is -2.49. The second kappa shape index (κ2) is 10.9. The molecule has 0 bridgehead atoms. The molecule has 2 aromatic rings. The molecule has 0 radical (unpaired) electrons. The van der Waals surface area contributed by atoms with Gasteiger partial charge >= 0.3 is 0 Å². The Hall–Kier alpha value is -3.48. The second-order valence-electron chi connectivity index (χ2n) is 7.35. The lowest BCUT2D eigenvalue weighted by atomic mass is 10.0. The highest BCUT2D eigenvalue weighted by atomic mass is 16.2. The molecule has 0 saturated heterocycles. The van der Waals surface area contributed by atoms with Crippen molar-refractivity contribution in [1.29, 1.82) is 0 Å². The van der Waals surface area contributed by atoms with E-state index in [0.29, 0.717) is 16.8 Å². The van der Waals surface area contributed by atoms with Gasteiger partial charge in [-0.2, -0.15) is 5.10 Å². The third-order valence-electron chi connectivity index (χ3n) is 4.62. The normalized spacial score (nSPS) is 13.3. The zero-order chi connectivity index (χ0) is 22.1. The van der Waals surface area contributed by atoms with Gasteiger partial charge in [0.1, 0.15) is 6.04 Å². The monoisotopic (exact) mass is 408 g/mol. The van der Waals surface area contributed by atoms with Gasteiger partial charge in [0, 0.05) is 11.1 Å². The van der Waals surface area contributed by atoms with Gasteiger partial charge in [0.2, 0.25) is 0 Å². The van der Waals surface area contributed by atoms with E-state index in [0.717, 1.165) is 0 Å². The molecule has 0 aromatic heterocycles. The van der Waals surface area contributed by atoms with E-state index in [1.807, 2.05) is 26.0 Å². The first-order valence-corrected chi connectivity index (χ1v) is 9.85. The number of hydrazone groups is 1. The van der Waals surface area contributed by atoms with E-state index in [4.69, 9.17) is 0 Å². The van der Waals surface area contributed by atoms with Crippen molar-refractivity contribution in [2.45, 2.75) is 39.8 Å². The summed E-state index contributed by atoms with van der Waals surface area (Å²) in [7, 11) is 0.